The molecule has 1 rings (SSSR count). The molecule has 0 aliphatic rings. The molecule has 4 heteroatoms. The average Bonchev–Trinajstić information content (AvgIpc) is 2.38. The van der Waals surface area contributed by atoms with Gasteiger partial charge in [-0.1, -0.05) is 13.0 Å². The first kappa shape index (κ1) is 16.2. The highest BCUT2D eigenvalue weighted by Gasteiger charge is 2.08. The van der Waals surface area contributed by atoms with E-state index in [4.69, 9.17) is 15.2 Å². The van der Waals surface area contributed by atoms with Gasteiger partial charge in [0.1, 0.15) is 11.5 Å². The van der Waals surface area contributed by atoms with Gasteiger partial charge in [0.15, 0.2) is 0 Å². The molecule has 0 bridgehead atoms. The maximum atomic E-state index is 5.88. The first-order chi connectivity index (χ1) is 9.17. The number of nitrogens with two attached hydrogens (primary N) is 1. The first-order valence-electron chi connectivity index (χ1n) is 6.80. The van der Waals surface area contributed by atoms with Crippen molar-refractivity contribution in [3.8, 4) is 11.5 Å². The molecule has 0 aromatic heterocycles. The van der Waals surface area contributed by atoms with Gasteiger partial charge in [-0.15, -0.1) is 0 Å². The Morgan fingerprint density at radius 3 is 2.68 bits per heavy atom. The van der Waals surface area contributed by atoms with Crippen LogP contribution in [0, 0.1) is 0 Å². The summed E-state index contributed by atoms with van der Waals surface area (Å²) in [6.07, 6.45) is 3.90. The van der Waals surface area contributed by atoms with Gasteiger partial charge in [-0.25, -0.2) is 0 Å². The molecule has 0 radical (unpaired) electrons. The van der Waals surface area contributed by atoms with Crippen molar-refractivity contribution in [2.45, 2.75) is 32.7 Å². The van der Waals surface area contributed by atoms with Crippen LogP contribution in [0.4, 0.5) is 0 Å². The monoisotopic (exact) mass is 283 g/mol. The molecule has 0 spiro atoms. The van der Waals surface area contributed by atoms with Crippen molar-refractivity contribution in [2.75, 3.05) is 25.2 Å². The zero-order valence-corrected chi connectivity index (χ0v) is 13.0. The Morgan fingerprint density at radius 1 is 1.26 bits per heavy atom. The fraction of sp³-hybridized carbons (Fsp3) is 0.600. The maximum absolute atomic E-state index is 5.88. The SMILES string of the molecule is CCCOc1ccc(CC(C)N)c(OCCSC)c1. The second-order valence-corrected chi connectivity index (χ2v) is 5.63. The Kier molecular flexibility index (Phi) is 7.75. The van der Waals surface area contributed by atoms with Gasteiger partial charge >= 0.3 is 0 Å². The van der Waals surface area contributed by atoms with Crippen LogP contribution in [-0.2, 0) is 6.42 Å². The minimum atomic E-state index is 0.130. The number of rotatable bonds is 9. The van der Waals surface area contributed by atoms with E-state index < -0.39 is 0 Å². The van der Waals surface area contributed by atoms with E-state index in [1.807, 2.05) is 19.1 Å². The molecule has 1 unspecified atom stereocenters. The summed E-state index contributed by atoms with van der Waals surface area (Å²) in [6.45, 7) is 5.55. The fourth-order valence-electron chi connectivity index (χ4n) is 1.73. The molecule has 2 N–H and O–H groups in total. The standard InChI is InChI=1S/C15H25NO2S/c1-4-7-17-14-6-5-13(10-12(2)16)15(11-14)18-8-9-19-3/h5-6,11-12H,4,7-10,16H2,1-3H3. The molecule has 0 heterocycles. The largest absolute Gasteiger partial charge is 0.493 e. The fourth-order valence-corrected chi connectivity index (χ4v) is 1.98. The quantitative estimate of drug-likeness (QED) is 0.707. The minimum absolute atomic E-state index is 0.130. The van der Waals surface area contributed by atoms with Gasteiger partial charge in [-0.3, -0.25) is 0 Å². The normalized spacial score (nSPS) is 12.2. The summed E-state index contributed by atoms with van der Waals surface area (Å²) in [6, 6.07) is 6.16. The van der Waals surface area contributed by atoms with Crippen molar-refractivity contribution in [1.29, 1.82) is 0 Å². The predicted molar refractivity (Wildman–Crippen MR) is 83.5 cm³/mol. The molecule has 108 valence electrons. The second-order valence-electron chi connectivity index (χ2n) is 4.64. The third kappa shape index (κ3) is 6.21. The zero-order valence-electron chi connectivity index (χ0n) is 12.1. The molecule has 0 saturated heterocycles. The Bertz CT molecular complexity index is 369. The molecule has 0 saturated carbocycles. The van der Waals surface area contributed by atoms with Crippen LogP contribution in [0.1, 0.15) is 25.8 Å². The van der Waals surface area contributed by atoms with E-state index in [1.165, 1.54) is 0 Å². The summed E-state index contributed by atoms with van der Waals surface area (Å²) < 4.78 is 11.5. The van der Waals surface area contributed by atoms with Crippen molar-refractivity contribution in [3.05, 3.63) is 23.8 Å². The summed E-state index contributed by atoms with van der Waals surface area (Å²) in [7, 11) is 0. The first-order valence-corrected chi connectivity index (χ1v) is 8.19. The van der Waals surface area contributed by atoms with Crippen molar-refractivity contribution in [2.24, 2.45) is 5.73 Å². The summed E-state index contributed by atoms with van der Waals surface area (Å²) in [5.74, 6) is 2.76. The third-order valence-electron chi connectivity index (χ3n) is 2.60. The molecule has 3 nitrogen and oxygen atoms in total. The van der Waals surface area contributed by atoms with Crippen LogP contribution >= 0.6 is 11.8 Å². The van der Waals surface area contributed by atoms with Crippen LogP contribution in [0.3, 0.4) is 0 Å². The van der Waals surface area contributed by atoms with Gasteiger partial charge in [-0.05, 0) is 37.7 Å². The minimum Gasteiger partial charge on any atom is -0.493 e. The molecule has 0 aliphatic heterocycles. The smallest absolute Gasteiger partial charge is 0.126 e. The molecule has 19 heavy (non-hydrogen) atoms. The van der Waals surface area contributed by atoms with Crippen molar-refractivity contribution < 1.29 is 9.47 Å². The van der Waals surface area contributed by atoms with E-state index >= 15 is 0 Å². The van der Waals surface area contributed by atoms with E-state index in [1.54, 1.807) is 11.8 Å². The molecule has 1 aromatic rings. The van der Waals surface area contributed by atoms with Crippen LogP contribution in [0.5, 0.6) is 11.5 Å². The third-order valence-corrected chi connectivity index (χ3v) is 3.17. The molecule has 0 aliphatic carbocycles. The van der Waals surface area contributed by atoms with Gasteiger partial charge in [0.25, 0.3) is 0 Å². The Labute approximate surface area is 120 Å². The van der Waals surface area contributed by atoms with Crippen LogP contribution < -0.4 is 15.2 Å². The maximum Gasteiger partial charge on any atom is 0.126 e. The molecular formula is C15H25NO2S. The summed E-state index contributed by atoms with van der Waals surface area (Å²) >= 11 is 1.78. The van der Waals surface area contributed by atoms with Gasteiger partial charge < -0.3 is 15.2 Å². The van der Waals surface area contributed by atoms with E-state index in [9.17, 15) is 0 Å². The number of hydrogen-bond acceptors (Lipinski definition) is 4. The van der Waals surface area contributed by atoms with Crippen LogP contribution in [0.2, 0.25) is 0 Å². The Hall–Kier alpha value is -0.870. The van der Waals surface area contributed by atoms with Gasteiger partial charge in [-0.2, -0.15) is 11.8 Å². The summed E-state index contributed by atoms with van der Waals surface area (Å²) in [5.41, 5.74) is 7.03. The highest BCUT2D eigenvalue weighted by molar-refractivity contribution is 7.98. The highest BCUT2D eigenvalue weighted by atomic mass is 32.2. The summed E-state index contributed by atoms with van der Waals surface area (Å²) in [5, 5.41) is 0. The van der Waals surface area contributed by atoms with Crippen molar-refractivity contribution in [1.82, 2.24) is 0 Å². The lowest BCUT2D eigenvalue weighted by Gasteiger charge is -2.15. The molecular weight excluding hydrogens is 258 g/mol. The highest BCUT2D eigenvalue weighted by Crippen LogP contribution is 2.26. The number of thioether (sulfide) groups is 1. The Morgan fingerprint density at radius 2 is 2.05 bits per heavy atom. The topological polar surface area (TPSA) is 44.5 Å². The van der Waals surface area contributed by atoms with Gasteiger partial charge in [0.2, 0.25) is 0 Å². The van der Waals surface area contributed by atoms with E-state index in [-0.39, 0.29) is 6.04 Å². The van der Waals surface area contributed by atoms with Crippen LogP contribution in [0.15, 0.2) is 18.2 Å². The zero-order chi connectivity index (χ0) is 14.1. The van der Waals surface area contributed by atoms with Crippen LogP contribution in [0.25, 0.3) is 0 Å². The molecule has 0 amide bonds. The number of ether oxygens (including phenoxy) is 2. The number of benzene rings is 1. The second kappa shape index (κ2) is 9.10. The number of hydrogen-bond donors (Lipinski definition) is 1. The van der Waals surface area contributed by atoms with Crippen LogP contribution in [-0.4, -0.2) is 31.3 Å². The lowest BCUT2D eigenvalue weighted by Crippen LogP contribution is -2.18. The lowest BCUT2D eigenvalue weighted by atomic mass is 10.1. The lowest BCUT2D eigenvalue weighted by molar-refractivity contribution is 0.308. The predicted octanol–water partition coefficient (Wildman–Crippen LogP) is 3.11. The Balaban J connectivity index is 2.77. The van der Waals surface area contributed by atoms with Gasteiger partial charge in [0.05, 0.1) is 13.2 Å². The van der Waals surface area contributed by atoms with E-state index in [2.05, 4.69) is 19.2 Å². The van der Waals surface area contributed by atoms with Crippen molar-refractivity contribution >= 4 is 11.8 Å². The van der Waals surface area contributed by atoms with E-state index in [0.717, 1.165) is 42.3 Å². The van der Waals surface area contributed by atoms with Gasteiger partial charge in [0, 0.05) is 17.9 Å². The molecule has 0 fully saturated rings. The van der Waals surface area contributed by atoms with E-state index in [0.29, 0.717) is 6.61 Å². The summed E-state index contributed by atoms with van der Waals surface area (Å²) in [4.78, 5) is 0. The molecule has 1 atom stereocenters. The average molecular weight is 283 g/mol. The van der Waals surface area contributed by atoms with Crippen molar-refractivity contribution in [3.63, 3.8) is 0 Å². The molecule has 1 aromatic carbocycles.